The molecule has 678 valence electrons. The zero-order valence-electron chi connectivity index (χ0n) is 79.3. The molecular weight excluding hydrogens is 1590 g/mol. The van der Waals surface area contributed by atoms with Gasteiger partial charge in [-0.25, -0.2) is 19.2 Å². The number of ether oxygens (including phenoxy) is 5. The lowest BCUT2D eigenvalue weighted by Gasteiger charge is -2.34. The van der Waals surface area contributed by atoms with E-state index in [9.17, 15) is 28.8 Å². The summed E-state index contributed by atoms with van der Waals surface area (Å²) in [6.07, 6.45) is 14.5. The van der Waals surface area contributed by atoms with Gasteiger partial charge in [-0.2, -0.15) is 0 Å². The first-order chi connectivity index (χ1) is 60.3. The number of hydrogen-bond acceptors (Lipinski definition) is 15. The van der Waals surface area contributed by atoms with Crippen molar-refractivity contribution in [2.45, 2.75) is 290 Å². The molecule has 1 aliphatic carbocycles. The smallest absolute Gasteiger partial charge is 0.412 e. The van der Waals surface area contributed by atoms with E-state index in [1.54, 1.807) is 11.8 Å². The second-order valence-electron chi connectivity index (χ2n) is 40.6. The van der Waals surface area contributed by atoms with Crippen molar-refractivity contribution in [2.75, 3.05) is 20.2 Å². The zero-order chi connectivity index (χ0) is 91.4. The van der Waals surface area contributed by atoms with Crippen molar-refractivity contribution in [3.8, 4) is 33.8 Å². The Labute approximate surface area is 752 Å². The third-order valence-electron chi connectivity index (χ3n) is 29.4. The molecule has 21 heteroatoms. The molecule has 1 saturated carbocycles. The molecule has 21 nitrogen and oxygen atoms in total. The highest BCUT2D eigenvalue weighted by Crippen LogP contribution is 2.52. The number of aliphatic imine (C=N–C) groups is 4. The van der Waals surface area contributed by atoms with E-state index in [2.05, 4.69) is 176 Å². The van der Waals surface area contributed by atoms with Crippen LogP contribution in [0, 0.1) is 65.1 Å². The van der Waals surface area contributed by atoms with Crippen LogP contribution in [0.4, 0.5) is 25.8 Å². The molecule has 127 heavy (non-hydrogen) atoms. The van der Waals surface area contributed by atoms with Gasteiger partial charge in [-0.15, -0.1) is 0 Å². The van der Waals surface area contributed by atoms with Gasteiger partial charge < -0.3 is 43.9 Å². The summed E-state index contributed by atoms with van der Waals surface area (Å²) >= 11 is 0. The molecular formula is C106H137N9O12. The van der Waals surface area contributed by atoms with Gasteiger partial charge in [0.05, 0.1) is 36.3 Å². The first-order valence-electron chi connectivity index (χ1n) is 47.1. The summed E-state index contributed by atoms with van der Waals surface area (Å²) < 4.78 is 29.0. The number of fused-ring (bicyclic) bond motifs is 12. The maximum atomic E-state index is 14.1. The van der Waals surface area contributed by atoms with E-state index in [0.717, 1.165) is 134 Å². The average Bonchev–Trinajstić information content (AvgIpc) is 1.68. The third kappa shape index (κ3) is 19.2. The topological polar surface area (TPSA) is 243 Å². The Bertz CT molecular complexity index is 5480. The Morgan fingerprint density at radius 3 is 1.57 bits per heavy atom. The normalized spacial score (nSPS) is 23.4. The quantitative estimate of drug-likeness (QED) is 0.0535. The molecule has 2 N–H and O–H groups in total. The molecule has 6 aromatic carbocycles. The van der Waals surface area contributed by atoms with E-state index in [1.165, 1.54) is 82.7 Å². The Morgan fingerprint density at radius 1 is 0.543 bits per heavy atom. The highest BCUT2D eigenvalue weighted by atomic mass is 16.6. The number of allylic oxidation sites excluding steroid dienone is 3. The number of methoxy groups -OCH3 is 1. The van der Waals surface area contributed by atoms with Crippen LogP contribution < -0.4 is 14.8 Å². The van der Waals surface area contributed by atoms with Crippen LogP contribution in [-0.4, -0.2) is 151 Å². The van der Waals surface area contributed by atoms with Crippen LogP contribution in [-0.2, 0) is 54.6 Å². The van der Waals surface area contributed by atoms with Gasteiger partial charge in [-0.05, 0) is 261 Å². The number of hydrogen-bond donors (Lipinski definition) is 2. The summed E-state index contributed by atoms with van der Waals surface area (Å²) in [5, 5.41) is 15.5. The van der Waals surface area contributed by atoms with Crippen molar-refractivity contribution in [3.05, 3.63) is 143 Å². The van der Waals surface area contributed by atoms with Gasteiger partial charge in [0, 0.05) is 109 Å². The number of rotatable bonds is 20. The molecule has 0 aromatic heterocycles. The third-order valence-corrected chi connectivity index (χ3v) is 29.4. The highest BCUT2D eigenvalue weighted by Gasteiger charge is 2.50. The summed E-state index contributed by atoms with van der Waals surface area (Å²) in [7, 11) is 1.20. The number of aliphatic carboxylic acids is 1. The predicted octanol–water partition coefficient (Wildman–Crippen LogP) is 23.4. The molecule has 0 spiro atoms. The Balaban J connectivity index is 0.000000181. The van der Waals surface area contributed by atoms with Gasteiger partial charge in [0.1, 0.15) is 48.1 Å². The van der Waals surface area contributed by atoms with Crippen molar-refractivity contribution in [3.63, 3.8) is 0 Å². The van der Waals surface area contributed by atoms with E-state index in [-0.39, 0.29) is 65.7 Å². The van der Waals surface area contributed by atoms with Crippen molar-refractivity contribution in [2.24, 2.45) is 85.1 Å². The summed E-state index contributed by atoms with van der Waals surface area (Å²) in [5.41, 5.74) is 20.4. The average molecular weight is 1730 g/mol. The van der Waals surface area contributed by atoms with Crippen molar-refractivity contribution in [1.82, 2.24) is 24.9 Å². The molecule has 5 amide bonds. The van der Waals surface area contributed by atoms with E-state index in [1.807, 2.05) is 84.4 Å². The number of nitrogens with one attached hydrogen (secondary N) is 1. The first kappa shape index (κ1) is 92.7. The molecule has 9 aliphatic heterocycles. The second kappa shape index (κ2) is 37.7. The fraction of sp³-hybridized carbons (Fsp3) is 0.547. The molecule has 9 heterocycles. The largest absolute Gasteiger partial charge is 0.488 e. The van der Waals surface area contributed by atoms with Crippen LogP contribution in [0.5, 0.6) is 11.5 Å². The van der Waals surface area contributed by atoms with Crippen molar-refractivity contribution in [1.29, 1.82) is 0 Å². The minimum absolute atomic E-state index is 0.00835. The molecule has 4 fully saturated rings. The van der Waals surface area contributed by atoms with E-state index in [0.29, 0.717) is 81.1 Å². The molecule has 16 rings (SSSR count). The van der Waals surface area contributed by atoms with Crippen LogP contribution in [0.3, 0.4) is 0 Å². The van der Waals surface area contributed by atoms with Gasteiger partial charge in [-0.1, -0.05) is 164 Å². The number of benzene rings is 6. The Morgan fingerprint density at radius 2 is 1.06 bits per heavy atom. The lowest BCUT2D eigenvalue weighted by molar-refractivity contribution is -0.141. The molecule has 2 unspecified atom stereocenters. The number of carbonyl (C=O) groups excluding carboxylic acids is 5. The van der Waals surface area contributed by atoms with Crippen LogP contribution in [0.25, 0.3) is 54.9 Å². The van der Waals surface area contributed by atoms with E-state index < -0.39 is 41.6 Å². The number of likely N-dealkylation sites (tertiary alicyclic amines) is 2. The lowest BCUT2D eigenvalue weighted by Crippen LogP contribution is -2.53. The summed E-state index contributed by atoms with van der Waals surface area (Å²) in [6, 6.07) is 30.1. The van der Waals surface area contributed by atoms with E-state index >= 15 is 0 Å². The van der Waals surface area contributed by atoms with Crippen molar-refractivity contribution < 1.29 is 57.6 Å². The number of carbonyl (C=O) groups is 6. The second-order valence-corrected chi connectivity index (χ2v) is 40.6. The number of nitrogens with zero attached hydrogens (tertiary/aromatic N) is 8. The minimum Gasteiger partial charge on any atom is -0.488 e. The van der Waals surface area contributed by atoms with Crippen LogP contribution in [0.2, 0.25) is 0 Å². The number of carboxylic acids is 1. The number of amides is 5. The molecule has 6 aromatic rings. The van der Waals surface area contributed by atoms with Crippen LogP contribution in [0.15, 0.2) is 129 Å². The number of carboxylic acid groups (broad SMARTS) is 1. The van der Waals surface area contributed by atoms with Gasteiger partial charge in [0.25, 0.3) is 0 Å². The summed E-state index contributed by atoms with van der Waals surface area (Å²) in [5.74, 6) is 4.57. The zero-order valence-corrected chi connectivity index (χ0v) is 79.3. The summed E-state index contributed by atoms with van der Waals surface area (Å²) in [4.78, 5) is 104. The first-order valence-corrected chi connectivity index (χ1v) is 47.1. The van der Waals surface area contributed by atoms with Gasteiger partial charge in [0.15, 0.2) is 0 Å². The fourth-order valence-corrected chi connectivity index (χ4v) is 20.5. The maximum absolute atomic E-state index is 14.1. The predicted molar refractivity (Wildman–Crippen MR) is 509 cm³/mol. The standard InChI is InChI=1S/C49H61N5O6.C49H61N3O2.C8H15NO4/c1-12-30-17-42(52(25-30)46(56)59-48(6,7)8)40-20-33(23-50-40)31-13-15-35-34(18-31)26-58-43-22-36-32(19-38(35)43)14-16-39-37(36)21-41(51-39)44-53(47(57)60-49(9,10)11)24-28(4)54(44)45(55)29(5)27(2)3;1-10-28(5)31(8)32(9)39-18-33(11-2)19-41(39)45-22-36(25-50-45)34-13-15-38-37(20-34)26-54-48-24-40-35(21-43(38)48)14-16-44-42(40)23-46(51-44)47-17-12-29(6)52(47)49(53)30(7)27(3)4;1-4-5(2)6(7(10)11)9-8(12)13-3/h13-16,18-19,22-23,27-30,42,44H,12,17,20-21,24-26H2,1-11H3;13-16,20-21,24-25,27-31,33,39,41,47H,9-12,17-19,22-23,26H2,1-8H3;5-6H,4H2,1-3H3,(H,9,12)(H,10,11)/t28-,29-,30-,42-,44+;28-,29-,30-,31?,33+,39?,41+,47-;5-,6-/m000/s1. The van der Waals surface area contributed by atoms with E-state index in [4.69, 9.17) is 50.6 Å². The molecule has 0 bridgehead atoms. The molecule has 0 radical (unpaired) electrons. The fourth-order valence-electron chi connectivity index (χ4n) is 20.5. The summed E-state index contributed by atoms with van der Waals surface area (Å²) in [6.45, 7) is 49.9. The Kier molecular flexibility index (Phi) is 27.5. The van der Waals surface area contributed by atoms with Gasteiger partial charge >= 0.3 is 24.2 Å². The molecule has 15 atom stereocenters. The van der Waals surface area contributed by atoms with Gasteiger partial charge in [-0.3, -0.25) is 39.4 Å². The van der Waals surface area contributed by atoms with Crippen LogP contribution >= 0.6 is 0 Å². The SMILES string of the molecule is C=C(C(C)[C@@H](C)CC)C1C[C@@H](CC)C[C@H]1C1=NC=C(c2ccc3c(c2)COc2cc4c5c(ccc4cc2-3)N=C([C@@H]2CC[C@H](C)N2C(=O)[C@@H](C)C(C)C)C5)C1.CC[C@H](C)[C@H](NC(=O)OC)C(=O)O.CC[C@H]1C[C@@H](C2=NC=C(c3ccc4c(c3)COc3cc5c6c(ccc5cc3-4)N=C([C@@H]3N(C(=O)OC(C)(C)C)C[C@H](C)N3C(=O)[C@@H](C)C(C)C)C6)C2)N(C(=O)OC(C)(C)C)C1. The van der Waals surface area contributed by atoms with Gasteiger partial charge in [0.2, 0.25) is 11.8 Å². The minimum atomic E-state index is -1.04. The number of alkyl carbamates (subject to hydrolysis) is 1. The lowest BCUT2D eigenvalue weighted by atomic mass is 9.75. The monoisotopic (exact) mass is 1730 g/mol. The van der Waals surface area contributed by atoms with Crippen LogP contribution in [0.1, 0.15) is 249 Å². The maximum Gasteiger partial charge on any atom is 0.412 e. The van der Waals surface area contributed by atoms with Crippen molar-refractivity contribution >= 4 is 103 Å². The highest BCUT2D eigenvalue weighted by molar-refractivity contribution is 6.10. The molecule has 10 aliphatic rings. The Hall–Kier alpha value is -10.4. The molecule has 3 saturated heterocycles.